The zero-order valence-electron chi connectivity index (χ0n) is 38.7. The minimum atomic E-state index is -2.19. The average Bonchev–Trinajstić information content (AvgIpc) is 4.02. The number of para-hydroxylation sites is 1. The van der Waals surface area contributed by atoms with E-state index in [9.17, 15) is 14.7 Å². The predicted octanol–water partition coefficient (Wildman–Crippen LogP) is 5.90. The van der Waals surface area contributed by atoms with E-state index in [0.717, 1.165) is 9.60 Å². The number of methoxy groups -OCH3 is 1. The third-order valence-electron chi connectivity index (χ3n) is 13.0. The van der Waals surface area contributed by atoms with Gasteiger partial charge in [-0.1, -0.05) is 122 Å². The standard InChI is InChI=1S/C53H49N7O10S/c1-30(2)41(47(63)68-3)57-52(67)59-38-25-20-31(13-12-26-55-50(54)66)29-36(38)53(49(59)65)40(46(62)58-51-56-37-18-10-11-19-39(37)71-51)43-48(64)70-44(33-16-8-5-9-17-33)42(32-14-6-4-7-15-32)60(43)45(53)34-21-23-35(24-22-34)69-28-27-61/h4-11,14-25,29-30,40-45,61H,26-28H2,1-3H3,(H,57,67)(H3,54,55,66)(H,56,58,62). The minimum absolute atomic E-state index is 0.00669. The number of cyclic esters (lactones) is 1. The molecular weight excluding hydrogens is 927 g/mol. The Kier molecular flexibility index (Phi) is 13.6. The first kappa shape index (κ1) is 47.9. The van der Waals surface area contributed by atoms with E-state index in [1.165, 1.54) is 24.5 Å². The third kappa shape index (κ3) is 8.79. The predicted molar refractivity (Wildman–Crippen MR) is 263 cm³/mol. The highest BCUT2D eigenvalue weighted by Crippen LogP contribution is 2.66. The number of aromatic nitrogens is 1. The molecule has 1 spiro atoms. The van der Waals surface area contributed by atoms with Gasteiger partial charge in [0.2, 0.25) is 11.8 Å². The summed E-state index contributed by atoms with van der Waals surface area (Å²) in [6.45, 7) is 3.03. The van der Waals surface area contributed by atoms with E-state index in [4.69, 9.17) is 24.9 Å². The molecule has 6 aromatic rings. The smallest absolute Gasteiger partial charge is 0.329 e. The number of thiazole rings is 1. The molecule has 7 unspecified atom stereocenters. The summed E-state index contributed by atoms with van der Waals surface area (Å²) in [5.74, 6) is 0.880. The Morgan fingerprint density at radius 3 is 2.24 bits per heavy atom. The number of benzene rings is 5. The lowest BCUT2D eigenvalue weighted by Gasteiger charge is -2.46. The number of aliphatic hydroxyl groups is 1. The largest absolute Gasteiger partial charge is 0.491 e. The van der Waals surface area contributed by atoms with E-state index in [1.807, 2.05) is 83.8 Å². The normalized spacial score (nSPS) is 21.6. The highest BCUT2D eigenvalue weighted by Gasteiger charge is 2.75. The van der Waals surface area contributed by atoms with Crippen LogP contribution in [0.2, 0.25) is 0 Å². The van der Waals surface area contributed by atoms with Crippen LogP contribution in [-0.4, -0.2) is 89.8 Å². The number of fused-ring (bicyclic) bond motifs is 4. The van der Waals surface area contributed by atoms with Crippen LogP contribution in [-0.2, 0) is 34.1 Å². The molecule has 3 aliphatic heterocycles. The topological polar surface area (TPSA) is 232 Å². The maximum atomic E-state index is 16.6. The molecule has 6 N–H and O–H groups in total. The fraction of sp³-hybridized carbons (Fsp3) is 0.264. The summed E-state index contributed by atoms with van der Waals surface area (Å²) in [6.07, 6.45) is -0.989. The van der Waals surface area contributed by atoms with Crippen molar-refractivity contribution in [1.29, 1.82) is 0 Å². The molecule has 17 nitrogen and oxygen atoms in total. The first-order valence-corrected chi connectivity index (χ1v) is 23.7. The van der Waals surface area contributed by atoms with Crippen molar-refractivity contribution in [3.63, 3.8) is 0 Å². The molecule has 1 aromatic heterocycles. The Balaban J connectivity index is 1.35. The number of nitrogens with one attached hydrogen (secondary N) is 3. The summed E-state index contributed by atoms with van der Waals surface area (Å²) in [5, 5.41) is 18.0. The highest BCUT2D eigenvalue weighted by molar-refractivity contribution is 7.22. The third-order valence-corrected chi connectivity index (χ3v) is 14.0. The first-order chi connectivity index (χ1) is 34.4. The number of hydrogen-bond acceptors (Lipinski definition) is 13. The van der Waals surface area contributed by atoms with Gasteiger partial charge in [0, 0.05) is 5.56 Å². The van der Waals surface area contributed by atoms with Crippen LogP contribution in [0.5, 0.6) is 5.75 Å². The number of ether oxygens (including phenoxy) is 3. The van der Waals surface area contributed by atoms with Gasteiger partial charge in [-0.2, -0.15) is 0 Å². The van der Waals surface area contributed by atoms with Gasteiger partial charge in [-0.15, -0.1) is 0 Å². The molecule has 2 fully saturated rings. The number of rotatable bonds is 12. The molecule has 4 heterocycles. The number of carbonyl (C=O) groups is 6. The molecule has 5 aromatic carbocycles. The average molecular weight is 976 g/mol. The van der Waals surface area contributed by atoms with E-state index in [-0.39, 0.29) is 36.1 Å². The Bertz CT molecular complexity index is 3050. The number of morpholine rings is 1. The molecule has 362 valence electrons. The van der Waals surface area contributed by atoms with Crippen molar-refractivity contribution in [1.82, 2.24) is 20.5 Å². The van der Waals surface area contributed by atoms with Gasteiger partial charge < -0.3 is 41.0 Å². The number of hydrogen-bond donors (Lipinski definition) is 5. The Hall–Kier alpha value is -8.11. The summed E-state index contributed by atoms with van der Waals surface area (Å²) in [5.41, 5.74) is 6.05. The van der Waals surface area contributed by atoms with Gasteiger partial charge in [0.25, 0.3) is 0 Å². The molecular formula is C53H49N7O10S. The lowest BCUT2D eigenvalue weighted by atomic mass is 9.65. The number of imide groups is 1. The highest BCUT2D eigenvalue weighted by atomic mass is 32.1. The summed E-state index contributed by atoms with van der Waals surface area (Å²) >= 11 is 1.20. The maximum Gasteiger partial charge on any atom is 0.329 e. The van der Waals surface area contributed by atoms with E-state index in [2.05, 4.69) is 27.8 Å². The number of urea groups is 2. The zero-order valence-corrected chi connectivity index (χ0v) is 39.6. The molecule has 7 atom stereocenters. The number of carbonyl (C=O) groups excluding carboxylic acids is 6. The molecule has 0 radical (unpaired) electrons. The van der Waals surface area contributed by atoms with Gasteiger partial charge in [0.1, 0.15) is 36.0 Å². The van der Waals surface area contributed by atoms with Crippen LogP contribution in [0.4, 0.5) is 20.4 Å². The number of nitrogens with two attached hydrogens (primary N) is 1. The second-order valence-electron chi connectivity index (χ2n) is 17.5. The number of primary amides is 1. The van der Waals surface area contributed by atoms with E-state index in [0.29, 0.717) is 33.5 Å². The van der Waals surface area contributed by atoms with E-state index < -0.39 is 83.3 Å². The van der Waals surface area contributed by atoms with Crippen LogP contribution in [0, 0.1) is 23.7 Å². The van der Waals surface area contributed by atoms with Gasteiger partial charge in [0.15, 0.2) is 5.13 Å². The molecule has 0 aliphatic carbocycles. The molecule has 0 saturated carbocycles. The molecule has 18 heteroatoms. The van der Waals surface area contributed by atoms with Crippen LogP contribution in [0.1, 0.15) is 59.9 Å². The minimum Gasteiger partial charge on any atom is -0.491 e. The number of amides is 6. The van der Waals surface area contributed by atoms with Crippen molar-refractivity contribution in [3.05, 3.63) is 155 Å². The summed E-state index contributed by atoms with van der Waals surface area (Å²) < 4.78 is 18.2. The quantitative estimate of drug-likeness (QED) is 0.0713. The van der Waals surface area contributed by atoms with Gasteiger partial charge in [-0.05, 0) is 70.6 Å². The second-order valence-corrected chi connectivity index (χ2v) is 18.5. The van der Waals surface area contributed by atoms with Gasteiger partial charge >= 0.3 is 24.0 Å². The summed E-state index contributed by atoms with van der Waals surface area (Å²) in [6, 6.07) is 30.7. The number of esters is 2. The monoisotopic (exact) mass is 975 g/mol. The number of anilines is 2. The molecule has 3 aliphatic rings. The SMILES string of the molecule is COC(=O)C(NC(=O)N1C(=O)C2(c3cc(C#CCNC(N)=O)ccc31)C(C(=O)Nc1nc3ccccc3s1)C1C(=O)OC(c3ccccc3)C(c3ccccc3)N1C2c1ccc(OCCO)cc1)C(C)C. The fourth-order valence-corrected chi connectivity index (χ4v) is 11.0. The van der Waals surface area contributed by atoms with Crippen LogP contribution in [0.15, 0.2) is 127 Å². The lowest BCUT2D eigenvalue weighted by molar-refractivity contribution is -0.177. The summed E-state index contributed by atoms with van der Waals surface area (Å²) in [4.78, 5) is 95.4. The Morgan fingerprint density at radius 2 is 1.58 bits per heavy atom. The van der Waals surface area contributed by atoms with Crippen molar-refractivity contribution in [2.45, 2.75) is 49.5 Å². The zero-order chi connectivity index (χ0) is 50.0. The van der Waals surface area contributed by atoms with Crippen LogP contribution in [0.3, 0.4) is 0 Å². The van der Waals surface area contributed by atoms with Crippen molar-refractivity contribution >= 4 is 68.2 Å². The molecule has 0 bridgehead atoms. The van der Waals surface area contributed by atoms with Gasteiger partial charge in [0.05, 0.1) is 54.2 Å². The van der Waals surface area contributed by atoms with Crippen molar-refractivity contribution in [3.8, 4) is 17.6 Å². The van der Waals surface area contributed by atoms with Gasteiger partial charge in [-0.25, -0.2) is 24.3 Å². The van der Waals surface area contributed by atoms with E-state index in [1.54, 1.807) is 56.3 Å². The van der Waals surface area contributed by atoms with Crippen LogP contribution >= 0.6 is 11.3 Å². The van der Waals surface area contributed by atoms with E-state index >= 15 is 19.2 Å². The molecule has 6 amide bonds. The first-order valence-electron chi connectivity index (χ1n) is 22.8. The lowest BCUT2D eigenvalue weighted by Crippen LogP contribution is -2.57. The Morgan fingerprint density at radius 1 is 0.887 bits per heavy atom. The molecule has 2 saturated heterocycles. The van der Waals surface area contributed by atoms with Crippen LogP contribution < -0.4 is 31.3 Å². The van der Waals surface area contributed by atoms with Crippen molar-refractivity contribution in [2.24, 2.45) is 17.6 Å². The van der Waals surface area contributed by atoms with Gasteiger partial charge in [-0.3, -0.25) is 19.3 Å². The number of aliphatic hydroxyl groups excluding tert-OH is 1. The maximum absolute atomic E-state index is 16.6. The molecule has 71 heavy (non-hydrogen) atoms. The number of nitrogens with zero attached hydrogens (tertiary/aromatic N) is 3. The second kappa shape index (κ2) is 20.1. The fourth-order valence-electron chi connectivity index (χ4n) is 10.1. The van der Waals surface area contributed by atoms with Crippen molar-refractivity contribution in [2.75, 3.05) is 37.1 Å². The molecule has 9 rings (SSSR count). The van der Waals surface area contributed by atoms with Crippen LogP contribution in [0.25, 0.3) is 10.2 Å². The Labute approximate surface area is 412 Å². The van der Waals surface area contributed by atoms with Crippen molar-refractivity contribution < 1.29 is 48.1 Å². The summed E-state index contributed by atoms with van der Waals surface area (Å²) in [7, 11) is 1.19.